The number of unbranched alkanes of at least 4 members (excludes halogenated alkanes) is 17. The number of ether oxygens (including phenoxy) is 3. The zero-order valence-electron chi connectivity index (χ0n) is 40.5. The highest BCUT2D eigenvalue weighted by Gasteiger charge is 2.19. The van der Waals surface area contributed by atoms with E-state index in [0.717, 1.165) is 77.0 Å². The molecule has 0 aliphatic heterocycles. The number of hydrogen-bond acceptors (Lipinski definition) is 6. The average Bonchev–Trinajstić information content (AvgIpc) is 3.28. The summed E-state index contributed by atoms with van der Waals surface area (Å²) in [6.07, 6.45) is 68.0. The van der Waals surface area contributed by atoms with Crippen molar-refractivity contribution in [2.75, 3.05) is 13.2 Å². The molecule has 0 rings (SSSR count). The molecule has 63 heavy (non-hydrogen) atoms. The topological polar surface area (TPSA) is 78.9 Å². The molecule has 0 saturated carbocycles. The minimum atomic E-state index is -0.830. The molecule has 356 valence electrons. The minimum Gasteiger partial charge on any atom is -0.462 e. The predicted octanol–water partition coefficient (Wildman–Crippen LogP) is 16.8. The van der Waals surface area contributed by atoms with Gasteiger partial charge in [0.2, 0.25) is 0 Å². The maximum absolute atomic E-state index is 12.8. The van der Waals surface area contributed by atoms with Crippen LogP contribution in [-0.4, -0.2) is 37.2 Å². The molecule has 0 bridgehead atoms. The Kier molecular flexibility index (Phi) is 47.5. The lowest BCUT2D eigenvalue weighted by molar-refractivity contribution is -0.166. The minimum absolute atomic E-state index is 0.130. The molecule has 0 amide bonds. The monoisotopic (exact) mass is 873 g/mol. The molecule has 0 aliphatic rings. The van der Waals surface area contributed by atoms with Crippen LogP contribution < -0.4 is 0 Å². The Bertz CT molecular complexity index is 1330. The van der Waals surface area contributed by atoms with E-state index in [1.807, 2.05) is 6.08 Å². The molecule has 0 heterocycles. The van der Waals surface area contributed by atoms with Crippen LogP contribution in [0.4, 0.5) is 0 Å². The van der Waals surface area contributed by atoms with E-state index in [1.54, 1.807) is 0 Å². The smallest absolute Gasteiger partial charge is 0.306 e. The lowest BCUT2D eigenvalue weighted by atomic mass is 10.1. The largest absolute Gasteiger partial charge is 0.462 e. The molecular formula is C57H92O6. The molecule has 1 unspecified atom stereocenters. The van der Waals surface area contributed by atoms with Gasteiger partial charge in [0.05, 0.1) is 0 Å². The van der Waals surface area contributed by atoms with Gasteiger partial charge in [-0.25, -0.2) is 0 Å². The Hall–Kier alpha value is -3.93. The van der Waals surface area contributed by atoms with Gasteiger partial charge >= 0.3 is 17.9 Å². The van der Waals surface area contributed by atoms with Crippen LogP contribution in [0.1, 0.15) is 213 Å². The maximum atomic E-state index is 12.8. The molecule has 6 nitrogen and oxygen atoms in total. The van der Waals surface area contributed by atoms with Gasteiger partial charge in [-0.1, -0.05) is 207 Å². The molecule has 0 aromatic rings. The highest BCUT2D eigenvalue weighted by atomic mass is 16.6. The van der Waals surface area contributed by atoms with Gasteiger partial charge in [-0.3, -0.25) is 14.4 Å². The van der Waals surface area contributed by atoms with Crippen LogP contribution in [0.3, 0.4) is 0 Å². The van der Waals surface area contributed by atoms with Gasteiger partial charge in [0.15, 0.2) is 6.10 Å². The molecular weight excluding hydrogens is 781 g/mol. The predicted molar refractivity (Wildman–Crippen MR) is 270 cm³/mol. The normalized spacial score (nSPS) is 13.0. The Morgan fingerprint density at radius 1 is 0.349 bits per heavy atom. The highest BCUT2D eigenvalue weighted by molar-refractivity contribution is 5.71. The van der Waals surface area contributed by atoms with Crippen molar-refractivity contribution in [3.8, 4) is 0 Å². The number of rotatable bonds is 44. The van der Waals surface area contributed by atoms with Crippen LogP contribution in [0, 0.1) is 0 Å². The van der Waals surface area contributed by atoms with Crippen molar-refractivity contribution in [2.45, 2.75) is 219 Å². The Labute approximate surface area is 387 Å². The van der Waals surface area contributed by atoms with Crippen LogP contribution in [0.15, 0.2) is 109 Å². The van der Waals surface area contributed by atoms with Crippen LogP contribution in [0.2, 0.25) is 0 Å². The standard InChI is InChI=1S/C57H92O6/c1-4-7-10-13-16-19-22-25-27-28-30-32-35-38-41-44-47-50-56(59)62-53-54(52-61-55(58)49-46-43-40-37-34-31-24-21-18-15-12-9-6-3)63-57(60)51-48-45-42-39-36-33-29-26-23-20-17-14-11-8-5-2/h8,11,14,16-17,19-20,23,25,27,30-32,34,38,40-41,43,54H,4-7,9-10,12-13,15,18,21-22,24,26,28-29,33,35-37,39,42,44-53H2,1-3H3/b11-8-,17-14-,19-16-,23-20-,27-25-,32-30-,34-31-,41-38-,43-40-. The summed E-state index contributed by atoms with van der Waals surface area (Å²) >= 11 is 0. The van der Waals surface area contributed by atoms with Crippen molar-refractivity contribution in [2.24, 2.45) is 0 Å². The van der Waals surface area contributed by atoms with Crippen molar-refractivity contribution < 1.29 is 28.6 Å². The zero-order chi connectivity index (χ0) is 45.8. The van der Waals surface area contributed by atoms with Gasteiger partial charge in [-0.05, 0) is 96.3 Å². The quantitative estimate of drug-likeness (QED) is 0.0199. The van der Waals surface area contributed by atoms with Crippen LogP contribution in [0.5, 0.6) is 0 Å². The first-order chi connectivity index (χ1) is 31.0. The Morgan fingerprint density at radius 2 is 0.730 bits per heavy atom. The van der Waals surface area contributed by atoms with Gasteiger partial charge in [0.25, 0.3) is 0 Å². The maximum Gasteiger partial charge on any atom is 0.306 e. The number of allylic oxidation sites excluding steroid dienone is 18. The molecule has 1 atom stereocenters. The Morgan fingerprint density at radius 3 is 1.27 bits per heavy atom. The average molecular weight is 873 g/mol. The number of carbonyl (C=O) groups is 3. The number of hydrogen-bond donors (Lipinski definition) is 0. The van der Waals surface area contributed by atoms with Gasteiger partial charge in [-0.15, -0.1) is 0 Å². The third-order valence-corrected chi connectivity index (χ3v) is 10.3. The van der Waals surface area contributed by atoms with Crippen molar-refractivity contribution in [3.63, 3.8) is 0 Å². The number of esters is 3. The number of carbonyl (C=O) groups excluding carboxylic acids is 3. The van der Waals surface area contributed by atoms with Gasteiger partial charge in [0.1, 0.15) is 13.2 Å². The third-order valence-electron chi connectivity index (χ3n) is 10.3. The fraction of sp³-hybridized carbons (Fsp3) is 0.632. The summed E-state index contributed by atoms with van der Waals surface area (Å²) in [5.41, 5.74) is 0. The molecule has 0 aliphatic carbocycles. The van der Waals surface area contributed by atoms with Crippen molar-refractivity contribution in [1.82, 2.24) is 0 Å². The summed E-state index contributed by atoms with van der Waals surface area (Å²) in [7, 11) is 0. The summed E-state index contributed by atoms with van der Waals surface area (Å²) < 4.78 is 16.7. The molecule has 0 saturated heterocycles. The van der Waals surface area contributed by atoms with Crippen LogP contribution in [-0.2, 0) is 28.6 Å². The molecule has 0 N–H and O–H groups in total. The zero-order valence-corrected chi connectivity index (χ0v) is 40.5. The van der Waals surface area contributed by atoms with E-state index in [0.29, 0.717) is 12.8 Å². The van der Waals surface area contributed by atoms with Gasteiger partial charge in [0, 0.05) is 19.3 Å². The third kappa shape index (κ3) is 49.0. The van der Waals surface area contributed by atoms with Crippen molar-refractivity contribution in [3.05, 3.63) is 109 Å². The Balaban J connectivity index is 4.57. The summed E-state index contributed by atoms with van der Waals surface area (Å²) in [5, 5.41) is 0. The molecule has 0 spiro atoms. The first-order valence-electron chi connectivity index (χ1n) is 25.4. The fourth-order valence-corrected chi connectivity index (χ4v) is 6.49. The van der Waals surface area contributed by atoms with E-state index < -0.39 is 6.10 Å². The van der Waals surface area contributed by atoms with Crippen molar-refractivity contribution >= 4 is 17.9 Å². The van der Waals surface area contributed by atoms with Gasteiger partial charge < -0.3 is 14.2 Å². The second-order valence-corrected chi connectivity index (χ2v) is 16.4. The SMILES string of the molecule is CC\C=C/C=C\C=C/CCCCCCCCCC(=O)OC(COC(=O)CC/C=C\C/C=C\CCCCCCCC)COC(=O)CCC/C=C\C/C=C\C/C=C\C/C=C\CCCCC. The van der Waals surface area contributed by atoms with Crippen molar-refractivity contribution in [1.29, 1.82) is 0 Å². The highest BCUT2D eigenvalue weighted by Crippen LogP contribution is 2.12. The molecule has 6 heteroatoms. The van der Waals surface area contributed by atoms with Crippen LogP contribution in [0.25, 0.3) is 0 Å². The van der Waals surface area contributed by atoms with E-state index in [1.165, 1.54) is 83.5 Å². The van der Waals surface area contributed by atoms with Gasteiger partial charge in [-0.2, -0.15) is 0 Å². The summed E-state index contributed by atoms with van der Waals surface area (Å²) in [4.78, 5) is 37.9. The van der Waals surface area contributed by atoms with E-state index in [4.69, 9.17) is 14.2 Å². The summed E-state index contributed by atoms with van der Waals surface area (Å²) in [6.45, 7) is 6.34. The summed E-state index contributed by atoms with van der Waals surface area (Å²) in [5.74, 6) is -1.07. The molecule has 0 aromatic carbocycles. The van der Waals surface area contributed by atoms with E-state index in [9.17, 15) is 14.4 Å². The molecule has 0 radical (unpaired) electrons. The van der Waals surface area contributed by atoms with E-state index in [2.05, 4.69) is 124 Å². The first kappa shape index (κ1) is 59.1. The molecule has 0 fully saturated rings. The summed E-state index contributed by atoms with van der Waals surface area (Å²) in [6, 6.07) is 0. The lowest BCUT2D eigenvalue weighted by Crippen LogP contribution is -2.30. The van der Waals surface area contributed by atoms with Crippen LogP contribution >= 0.6 is 0 Å². The lowest BCUT2D eigenvalue weighted by Gasteiger charge is -2.18. The van der Waals surface area contributed by atoms with E-state index in [-0.39, 0.29) is 50.4 Å². The second-order valence-electron chi connectivity index (χ2n) is 16.4. The second kappa shape index (κ2) is 50.7. The molecule has 0 aromatic heterocycles. The first-order valence-corrected chi connectivity index (χ1v) is 25.4. The van der Waals surface area contributed by atoms with E-state index >= 15 is 0 Å². The fourth-order valence-electron chi connectivity index (χ4n) is 6.49.